The first-order chi connectivity index (χ1) is 9.40. The molecule has 0 unspecified atom stereocenters. The van der Waals surface area contributed by atoms with Crippen LogP contribution in [-0.2, 0) is 0 Å². The number of pyridine rings is 1. The minimum absolute atomic E-state index is 0.819. The number of fused-ring (bicyclic) bond motifs is 2. The zero-order valence-electron chi connectivity index (χ0n) is 9.91. The number of nitrogens with zero attached hydrogens (tertiary/aromatic N) is 4. The van der Waals surface area contributed by atoms with Gasteiger partial charge >= 0.3 is 0 Å². The third-order valence-corrected chi connectivity index (χ3v) is 3.06. The maximum Gasteiger partial charge on any atom is 0.0916 e. The van der Waals surface area contributed by atoms with Gasteiger partial charge in [-0.25, -0.2) is 4.98 Å². The number of nitrogens with one attached hydrogen (secondary N) is 1. The number of aromatic nitrogens is 5. The summed E-state index contributed by atoms with van der Waals surface area (Å²) in [6, 6.07) is 7.80. The molecule has 0 aliphatic heterocycles. The van der Waals surface area contributed by atoms with E-state index in [-0.39, 0.29) is 0 Å². The summed E-state index contributed by atoms with van der Waals surface area (Å²) in [5, 5.41) is 7.99. The molecule has 0 saturated carbocycles. The fourth-order valence-electron chi connectivity index (χ4n) is 2.10. The van der Waals surface area contributed by atoms with Crippen LogP contribution in [0.1, 0.15) is 0 Å². The van der Waals surface area contributed by atoms with Crippen LogP contribution in [0.4, 0.5) is 0 Å². The lowest BCUT2D eigenvalue weighted by atomic mass is 10.2. The van der Waals surface area contributed by atoms with E-state index >= 15 is 0 Å². The fraction of sp³-hybridized carbons (Fsp3) is 0. The molecule has 0 saturated heterocycles. The number of aromatic amines is 1. The molecule has 1 N–H and O–H groups in total. The number of hydrogen-bond donors (Lipinski definition) is 1. The van der Waals surface area contributed by atoms with E-state index in [2.05, 4.69) is 25.1 Å². The van der Waals surface area contributed by atoms with Crippen LogP contribution in [0, 0.1) is 0 Å². The Morgan fingerprint density at radius 2 is 2.00 bits per heavy atom. The van der Waals surface area contributed by atoms with E-state index in [1.54, 1.807) is 24.8 Å². The molecule has 0 fully saturated rings. The van der Waals surface area contributed by atoms with Crippen LogP contribution in [0.25, 0.3) is 33.2 Å². The highest BCUT2D eigenvalue weighted by molar-refractivity contribution is 5.92. The summed E-state index contributed by atoms with van der Waals surface area (Å²) < 4.78 is 0. The molecular weight excluding hydrogens is 238 g/mol. The number of benzene rings is 1. The van der Waals surface area contributed by atoms with Crippen LogP contribution in [0.5, 0.6) is 0 Å². The van der Waals surface area contributed by atoms with E-state index in [0.717, 1.165) is 33.2 Å². The highest BCUT2D eigenvalue weighted by Crippen LogP contribution is 2.21. The van der Waals surface area contributed by atoms with Crippen molar-refractivity contribution in [1.29, 1.82) is 0 Å². The van der Waals surface area contributed by atoms with Gasteiger partial charge in [0.25, 0.3) is 0 Å². The van der Waals surface area contributed by atoms with Gasteiger partial charge in [0.15, 0.2) is 0 Å². The normalized spacial score (nSPS) is 11.2. The lowest BCUT2D eigenvalue weighted by molar-refractivity contribution is 1.12. The zero-order chi connectivity index (χ0) is 12.7. The summed E-state index contributed by atoms with van der Waals surface area (Å²) in [6.45, 7) is 0. The Hall–Kier alpha value is -2.82. The molecule has 0 bridgehead atoms. The lowest BCUT2D eigenvalue weighted by Gasteiger charge is -2.02. The van der Waals surface area contributed by atoms with Crippen molar-refractivity contribution in [2.24, 2.45) is 0 Å². The van der Waals surface area contributed by atoms with Crippen molar-refractivity contribution in [3.8, 4) is 11.3 Å². The average molecular weight is 247 g/mol. The maximum absolute atomic E-state index is 4.62. The predicted octanol–water partition coefficient (Wildman–Crippen LogP) is 2.57. The van der Waals surface area contributed by atoms with Crippen molar-refractivity contribution in [3.63, 3.8) is 0 Å². The van der Waals surface area contributed by atoms with Gasteiger partial charge in [-0.15, -0.1) is 0 Å². The topological polar surface area (TPSA) is 67.3 Å². The molecule has 1 aromatic carbocycles. The largest absolute Gasteiger partial charge is 0.278 e. The van der Waals surface area contributed by atoms with E-state index in [1.165, 1.54) is 0 Å². The molecule has 0 spiro atoms. The van der Waals surface area contributed by atoms with Gasteiger partial charge in [-0.2, -0.15) is 5.10 Å². The molecule has 0 aliphatic rings. The Morgan fingerprint density at radius 1 is 1.00 bits per heavy atom. The minimum Gasteiger partial charge on any atom is -0.278 e. The molecule has 3 heterocycles. The second-order valence-electron chi connectivity index (χ2n) is 4.30. The Morgan fingerprint density at radius 3 is 2.89 bits per heavy atom. The van der Waals surface area contributed by atoms with Crippen molar-refractivity contribution in [2.75, 3.05) is 0 Å². The first-order valence-corrected chi connectivity index (χ1v) is 5.90. The van der Waals surface area contributed by atoms with Gasteiger partial charge < -0.3 is 0 Å². The Balaban J connectivity index is 1.97. The zero-order valence-corrected chi connectivity index (χ0v) is 9.91. The molecule has 3 aromatic heterocycles. The molecule has 0 aliphatic carbocycles. The molecule has 4 rings (SSSR count). The molecule has 0 atom stereocenters. The minimum atomic E-state index is 0.819. The highest BCUT2D eigenvalue weighted by atomic mass is 15.1. The number of hydrogen-bond acceptors (Lipinski definition) is 4. The number of rotatable bonds is 1. The second-order valence-corrected chi connectivity index (χ2v) is 4.30. The first kappa shape index (κ1) is 10.1. The first-order valence-electron chi connectivity index (χ1n) is 5.90. The van der Waals surface area contributed by atoms with Crippen molar-refractivity contribution in [3.05, 3.63) is 49.1 Å². The molecule has 19 heavy (non-hydrogen) atoms. The summed E-state index contributed by atoms with van der Waals surface area (Å²) >= 11 is 0. The van der Waals surface area contributed by atoms with Gasteiger partial charge in [0, 0.05) is 23.3 Å². The van der Waals surface area contributed by atoms with Crippen molar-refractivity contribution in [1.82, 2.24) is 25.1 Å². The molecule has 0 amide bonds. The quantitative estimate of drug-likeness (QED) is 0.561. The molecule has 90 valence electrons. The third-order valence-electron chi connectivity index (χ3n) is 3.06. The standard InChI is InChI=1S/C14H9N5/c1-2-9(6-15-3-1)14-8-16-12-4-10-7-17-19-11(10)5-13(12)18-14/h1-8H,(H,17,19). The van der Waals surface area contributed by atoms with Gasteiger partial charge in [-0.1, -0.05) is 0 Å². The second kappa shape index (κ2) is 3.84. The SMILES string of the molecule is c1cncc(-c2cnc3cc4cn[nH]c4cc3n2)c1. The summed E-state index contributed by atoms with van der Waals surface area (Å²) in [5.41, 5.74) is 4.45. The predicted molar refractivity (Wildman–Crippen MR) is 72.4 cm³/mol. The van der Waals surface area contributed by atoms with Gasteiger partial charge in [-0.3, -0.25) is 15.1 Å². The fourth-order valence-corrected chi connectivity index (χ4v) is 2.10. The summed E-state index contributed by atoms with van der Waals surface area (Å²) in [4.78, 5) is 13.2. The smallest absolute Gasteiger partial charge is 0.0916 e. The lowest BCUT2D eigenvalue weighted by Crippen LogP contribution is -1.89. The highest BCUT2D eigenvalue weighted by Gasteiger charge is 2.05. The molecule has 5 nitrogen and oxygen atoms in total. The Labute approximate surface area is 108 Å². The average Bonchev–Trinajstić information content (AvgIpc) is 2.92. The monoisotopic (exact) mass is 247 g/mol. The van der Waals surface area contributed by atoms with Gasteiger partial charge in [0.05, 0.1) is 34.6 Å². The Kier molecular flexibility index (Phi) is 2.05. The van der Waals surface area contributed by atoms with Crippen molar-refractivity contribution < 1.29 is 0 Å². The summed E-state index contributed by atoms with van der Waals surface area (Å²) in [7, 11) is 0. The van der Waals surface area contributed by atoms with Gasteiger partial charge in [0.2, 0.25) is 0 Å². The van der Waals surface area contributed by atoms with Crippen LogP contribution in [-0.4, -0.2) is 25.1 Å². The molecule has 0 radical (unpaired) electrons. The summed E-state index contributed by atoms with van der Waals surface area (Å²) in [6.07, 6.45) is 7.08. The van der Waals surface area contributed by atoms with E-state index in [9.17, 15) is 0 Å². The summed E-state index contributed by atoms with van der Waals surface area (Å²) in [5.74, 6) is 0. The van der Waals surface area contributed by atoms with Crippen LogP contribution < -0.4 is 0 Å². The van der Waals surface area contributed by atoms with Crippen LogP contribution in [0.15, 0.2) is 49.1 Å². The van der Waals surface area contributed by atoms with E-state index in [1.807, 2.05) is 24.3 Å². The molecule has 5 heteroatoms. The molecular formula is C14H9N5. The van der Waals surface area contributed by atoms with E-state index in [4.69, 9.17) is 0 Å². The Bertz CT molecular complexity index is 867. The van der Waals surface area contributed by atoms with E-state index in [0.29, 0.717) is 0 Å². The van der Waals surface area contributed by atoms with Crippen molar-refractivity contribution in [2.45, 2.75) is 0 Å². The third kappa shape index (κ3) is 1.63. The van der Waals surface area contributed by atoms with Crippen molar-refractivity contribution >= 4 is 21.9 Å². The maximum atomic E-state index is 4.62. The van der Waals surface area contributed by atoms with Crippen LogP contribution in [0.2, 0.25) is 0 Å². The van der Waals surface area contributed by atoms with Crippen LogP contribution >= 0.6 is 0 Å². The van der Waals surface area contributed by atoms with Crippen LogP contribution in [0.3, 0.4) is 0 Å². The molecule has 4 aromatic rings. The van der Waals surface area contributed by atoms with Gasteiger partial charge in [-0.05, 0) is 24.3 Å². The van der Waals surface area contributed by atoms with Gasteiger partial charge in [0.1, 0.15) is 0 Å². The number of H-pyrrole nitrogens is 1. The van der Waals surface area contributed by atoms with E-state index < -0.39 is 0 Å².